The summed E-state index contributed by atoms with van der Waals surface area (Å²) in [5, 5.41) is 8.94. The van der Waals surface area contributed by atoms with E-state index in [0.717, 1.165) is 0 Å². The number of aliphatic hydroxyl groups is 1. The van der Waals surface area contributed by atoms with Crippen LogP contribution >= 0.6 is 0 Å². The van der Waals surface area contributed by atoms with E-state index in [2.05, 4.69) is 11.8 Å². The molecular formula is C13H18N2O3S. The van der Waals surface area contributed by atoms with E-state index >= 15 is 0 Å². The van der Waals surface area contributed by atoms with Crippen molar-refractivity contribution in [2.24, 2.45) is 5.73 Å². The van der Waals surface area contributed by atoms with Gasteiger partial charge in [0, 0.05) is 18.7 Å². The van der Waals surface area contributed by atoms with Crippen molar-refractivity contribution in [1.82, 2.24) is 4.31 Å². The summed E-state index contributed by atoms with van der Waals surface area (Å²) in [6, 6.07) is 6.52. The molecule has 0 bridgehead atoms. The fourth-order valence-corrected chi connectivity index (χ4v) is 3.23. The van der Waals surface area contributed by atoms with Gasteiger partial charge in [0.1, 0.15) is 0 Å². The maximum absolute atomic E-state index is 12.5. The molecule has 0 aliphatic carbocycles. The van der Waals surface area contributed by atoms with Crippen molar-refractivity contribution < 1.29 is 13.5 Å². The molecule has 0 aromatic heterocycles. The molecular weight excluding hydrogens is 264 g/mol. The van der Waals surface area contributed by atoms with Gasteiger partial charge in [-0.05, 0) is 12.1 Å². The van der Waals surface area contributed by atoms with Crippen LogP contribution in [0.25, 0.3) is 0 Å². The van der Waals surface area contributed by atoms with E-state index in [1.165, 1.54) is 10.4 Å². The molecule has 19 heavy (non-hydrogen) atoms. The number of benzene rings is 1. The molecule has 1 aromatic carbocycles. The molecule has 0 heterocycles. The first-order chi connectivity index (χ1) is 9.07. The Morgan fingerprint density at radius 3 is 2.63 bits per heavy atom. The lowest BCUT2D eigenvalue weighted by Crippen LogP contribution is -2.33. The Kier molecular flexibility index (Phi) is 5.99. The van der Waals surface area contributed by atoms with Gasteiger partial charge in [-0.25, -0.2) is 8.42 Å². The summed E-state index contributed by atoms with van der Waals surface area (Å²) in [5.41, 5.74) is 5.72. The minimum absolute atomic E-state index is 0.0669. The molecule has 104 valence electrons. The lowest BCUT2D eigenvalue weighted by atomic mass is 10.2. The third kappa shape index (κ3) is 3.78. The maximum atomic E-state index is 12.5. The zero-order valence-corrected chi connectivity index (χ0v) is 11.7. The summed E-state index contributed by atoms with van der Waals surface area (Å²) in [5.74, 6) is 5.41. The SMILES string of the molecule is CCN(CCO)S(=O)(=O)c1ccccc1C#CCN. The van der Waals surface area contributed by atoms with Gasteiger partial charge in [0.2, 0.25) is 10.0 Å². The van der Waals surface area contributed by atoms with Gasteiger partial charge in [-0.2, -0.15) is 4.31 Å². The van der Waals surface area contributed by atoms with E-state index in [4.69, 9.17) is 10.8 Å². The van der Waals surface area contributed by atoms with E-state index in [1.807, 2.05) is 0 Å². The Balaban J connectivity index is 3.28. The Labute approximate surface area is 114 Å². The van der Waals surface area contributed by atoms with Gasteiger partial charge in [-0.1, -0.05) is 30.9 Å². The fraction of sp³-hybridized carbons (Fsp3) is 0.385. The molecule has 0 aliphatic rings. The topological polar surface area (TPSA) is 83.6 Å². The number of rotatable bonds is 5. The third-order valence-electron chi connectivity index (χ3n) is 2.53. The van der Waals surface area contributed by atoms with E-state index in [-0.39, 0.29) is 24.6 Å². The maximum Gasteiger partial charge on any atom is 0.244 e. The predicted octanol–water partition coefficient (Wildman–Crippen LogP) is -0.000300. The lowest BCUT2D eigenvalue weighted by Gasteiger charge is -2.20. The van der Waals surface area contributed by atoms with Crippen LogP contribution in [0.2, 0.25) is 0 Å². The molecule has 5 nitrogen and oxygen atoms in total. The highest BCUT2D eigenvalue weighted by atomic mass is 32.2. The van der Waals surface area contributed by atoms with Crippen molar-refractivity contribution >= 4 is 10.0 Å². The van der Waals surface area contributed by atoms with Gasteiger partial charge in [-0.3, -0.25) is 0 Å². The molecule has 1 rings (SSSR count). The van der Waals surface area contributed by atoms with Gasteiger partial charge in [-0.15, -0.1) is 0 Å². The van der Waals surface area contributed by atoms with Crippen LogP contribution in [0.3, 0.4) is 0 Å². The number of nitrogens with zero attached hydrogens (tertiary/aromatic N) is 1. The van der Waals surface area contributed by atoms with E-state index in [1.54, 1.807) is 25.1 Å². The molecule has 0 fully saturated rings. The first-order valence-electron chi connectivity index (χ1n) is 5.96. The molecule has 0 amide bonds. The van der Waals surface area contributed by atoms with E-state index in [0.29, 0.717) is 12.1 Å². The van der Waals surface area contributed by atoms with Crippen LogP contribution in [-0.2, 0) is 10.0 Å². The molecule has 0 aliphatic heterocycles. The standard InChI is InChI=1S/C13H18N2O3S/c1-2-15(10-11-16)19(17,18)13-8-4-3-6-12(13)7-5-9-14/h3-4,6,8,16H,2,9-11,14H2,1H3. The van der Waals surface area contributed by atoms with Crippen LogP contribution < -0.4 is 5.73 Å². The molecule has 1 aromatic rings. The highest BCUT2D eigenvalue weighted by molar-refractivity contribution is 7.89. The number of sulfonamides is 1. The quantitative estimate of drug-likeness (QED) is 0.745. The molecule has 0 saturated carbocycles. The summed E-state index contributed by atoms with van der Waals surface area (Å²) < 4.78 is 26.1. The average Bonchev–Trinajstić information content (AvgIpc) is 2.42. The van der Waals surface area contributed by atoms with Crippen LogP contribution in [0.1, 0.15) is 12.5 Å². The van der Waals surface area contributed by atoms with Gasteiger partial charge < -0.3 is 10.8 Å². The van der Waals surface area contributed by atoms with Gasteiger partial charge in [0.15, 0.2) is 0 Å². The Hall–Kier alpha value is -1.39. The van der Waals surface area contributed by atoms with Crippen LogP contribution in [0.5, 0.6) is 0 Å². The van der Waals surface area contributed by atoms with Crippen molar-refractivity contribution in [3.05, 3.63) is 29.8 Å². The number of aliphatic hydroxyl groups excluding tert-OH is 1. The van der Waals surface area contributed by atoms with Gasteiger partial charge >= 0.3 is 0 Å². The normalized spacial score (nSPS) is 11.2. The Bertz CT molecular complexity index is 573. The molecule has 0 radical (unpaired) electrons. The zero-order valence-electron chi connectivity index (χ0n) is 10.8. The summed E-state index contributed by atoms with van der Waals surface area (Å²) >= 11 is 0. The minimum atomic E-state index is -3.64. The molecule has 0 atom stereocenters. The largest absolute Gasteiger partial charge is 0.395 e. The highest BCUT2D eigenvalue weighted by Gasteiger charge is 2.24. The summed E-state index contributed by atoms with van der Waals surface area (Å²) in [4.78, 5) is 0.145. The van der Waals surface area contributed by atoms with E-state index in [9.17, 15) is 8.42 Å². The predicted molar refractivity (Wildman–Crippen MR) is 73.9 cm³/mol. The van der Waals surface area contributed by atoms with Crippen molar-refractivity contribution in [3.63, 3.8) is 0 Å². The van der Waals surface area contributed by atoms with Crippen molar-refractivity contribution in [3.8, 4) is 11.8 Å². The first kappa shape index (κ1) is 15.7. The second-order valence-electron chi connectivity index (χ2n) is 3.72. The smallest absolute Gasteiger partial charge is 0.244 e. The summed E-state index contributed by atoms with van der Waals surface area (Å²) in [6.07, 6.45) is 0. The monoisotopic (exact) mass is 282 g/mol. The van der Waals surface area contributed by atoms with Crippen molar-refractivity contribution in [2.45, 2.75) is 11.8 Å². The highest BCUT2D eigenvalue weighted by Crippen LogP contribution is 2.19. The summed E-state index contributed by atoms with van der Waals surface area (Å²) in [7, 11) is -3.64. The van der Waals surface area contributed by atoms with Crippen LogP contribution in [0.15, 0.2) is 29.2 Å². The zero-order chi connectivity index (χ0) is 14.3. The number of nitrogens with two attached hydrogens (primary N) is 1. The number of likely N-dealkylation sites (N-methyl/N-ethyl adjacent to an activating group) is 1. The second kappa shape index (κ2) is 7.26. The molecule has 6 heteroatoms. The second-order valence-corrected chi connectivity index (χ2v) is 5.63. The number of hydrogen-bond donors (Lipinski definition) is 2. The average molecular weight is 282 g/mol. The van der Waals surface area contributed by atoms with Gasteiger partial charge in [0.25, 0.3) is 0 Å². The fourth-order valence-electron chi connectivity index (χ4n) is 1.64. The third-order valence-corrected chi connectivity index (χ3v) is 4.56. The molecule has 3 N–H and O–H groups in total. The van der Waals surface area contributed by atoms with Crippen LogP contribution in [-0.4, -0.2) is 44.1 Å². The Morgan fingerprint density at radius 2 is 2.05 bits per heavy atom. The Morgan fingerprint density at radius 1 is 1.37 bits per heavy atom. The number of hydrogen-bond acceptors (Lipinski definition) is 4. The molecule has 0 spiro atoms. The first-order valence-corrected chi connectivity index (χ1v) is 7.41. The van der Waals surface area contributed by atoms with Gasteiger partial charge in [0.05, 0.1) is 18.0 Å². The van der Waals surface area contributed by atoms with Crippen molar-refractivity contribution in [1.29, 1.82) is 0 Å². The van der Waals surface area contributed by atoms with E-state index < -0.39 is 10.0 Å². The summed E-state index contributed by atoms with van der Waals surface area (Å²) in [6.45, 7) is 2.03. The lowest BCUT2D eigenvalue weighted by molar-refractivity contribution is 0.257. The van der Waals surface area contributed by atoms with Crippen LogP contribution in [0.4, 0.5) is 0 Å². The molecule has 0 saturated heterocycles. The minimum Gasteiger partial charge on any atom is -0.395 e. The van der Waals surface area contributed by atoms with Crippen LogP contribution in [0, 0.1) is 11.8 Å². The molecule has 0 unspecified atom stereocenters. The van der Waals surface area contributed by atoms with Crippen molar-refractivity contribution in [2.75, 3.05) is 26.2 Å².